The van der Waals surface area contributed by atoms with E-state index in [1.54, 1.807) is 0 Å². The molecule has 2 rings (SSSR count). The number of benzene rings is 1. The van der Waals surface area contributed by atoms with Gasteiger partial charge in [-0.05, 0) is 44.4 Å². The maximum absolute atomic E-state index is 11.4. The maximum atomic E-state index is 11.4. The number of rotatable bonds is 2. The van der Waals surface area contributed by atoms with Crippen LogP contribution in [0, 0.1) is 0 Å². The van der Waals surface area contributed by atoms with Crippen molar-refractivity contribution in [3.05, 3.63) is 23.8 Å². The first kappa shape index (κ1) is 11.8. The Labute approximate surface area is 101 Å². The Morgan fingerprint density at radius 1 is 1.47 bits per heavy atom. The molecule has 0 atom stereocenters. The number of carbonyl (C=O) groups is 1. The topological polar surface area (TPSA) is 50.4 Å². The Kier molecular flexibility index (Phi) is 3.52. The lowest BCUT2D eigenvalue weighted by Gasteiger charge is -2.19. The number of fused-ring (bicyclic) bond motifs is 1. The van der Waals surface area contributed by atoms with Gasteiger partial charge in [0.25, 0.3) is 0 Å². The second-order valence-electron chi connectivity index (χ2n) is 4.48. The van der Waals surface area contributed by atoms with E-state index in [-0.39, 0.29) is 6.10 Å². The van der Waals surface area contributed by atoms with Crippen LogP contribution in [-0.4, -0.2) is 18.7 Å². The monoisotopic (exact) mass is 234 g/mol. The Hall–Kier alpha value is -1.71. The molecule has 0 aromatic heterocycles. The molecule has 0 fully saturated rings. The minimum absolute atomic E-state index is 0.106. The van der Waals surface area contributed by atoms with Crippen molar-refractivity contribution < 1.29 is 9.53 Å². The predicted molar refractivity (Wildman–Crippen MR) is 68.5 cm³/mol. The van der Waals surface area contributed by atoms with Crippen LogP contribution >= 0.6 is 0 Å². The van der Waals surface area contributed by atoms with E-state index < -0.39 is 6.09 Å². The second-order valence-corrected chi connectivity index (χ2v) is 4.48. The van der Waals surface area contributed by atoms with Gasteiger partial charge in [-0.2, -0.15) is 0 Å². The van der Waals surface area contributed by atoms with E-state index in [0.29, 0.717) is 0 Å². The molecule has 92 valence electrons. The number of anilines is 2. The van der Waals surface area contributed by atoms with Gasteiger partial charge < -0.3 is 10.1 Å². The van der Waals surface area contributed by atoms with E-state index in [1.807, 2.05) is 32.0 Å². The zero-order valence-electron chi connectivity index (χ0n) is 10.2. The van der Waals surface area contributed by atoms with Crippen molar-refractivity contribution in [3.8, 4) is 0 Å². The normalized spacial score (nSPS) is 13.8. The zero-order valence-corrected chi connectivity index (χ0v) is 10.2. The summed E-state index contributed by atoms with van der Waals surface area (Å²) in [4.78, 5) is 11.4. The molecule has 2 N–H and O–H groups in total. The molecule has 1 aromatic carbocycles. The molecule has 0 aliphatic carbocycles. The second kappa shape index (κ2) is 5.08. The molecule has 0 bridgehead atoms. The van der Waals surface area contributed by atoms with Crippen molar-refractivity contribution in [2.75, 3.05) is 17.2 Å². The van der Waals surface area contributed by atoms with Gasteiger partial charge in [0.15, 0.2) is 0 Å². The summed E-state index contributed by atoms with van der Waals surface area (Å²) in [6, 6.07) is 5.91. The Bertz CT molecular complexity index is 416. The summed E-state index contributed by atoms with van der Waals surface area (Å²) in [5.41, 5.74) is 3.18. The number of amides is 1. The molecule has 1 aliphatic heterocycles. The Morgan fingerprint density at radius 3 is 3.06 bits per heavy atom. The van der Waals surface area contributed by atoms with Crippen LogP contribution in [0.3, 0.4) is 0 Å². The van der Waals surface area contributed by atoms with Crippen molar-refractivity contribution in [1.29, 1.82) is 0 Å². The molecule has 4 heteroatoms. The van der Waals surface area contributed by atoms with E-state index in [9.17, 15) is 4.79 Å². The molecule has 1 heterocycles. The lowest BCUT2D eigenvalue weighted by atomic mass is 10.0. The molecule has 0 saturated heterocycles. The Balaban J connectivity index is 2.04. The van der Waals surface area contributed by atoms with Gasteiger partial charge in [-0.15, -0.1) is 0 Å². The summed E-state index contributed by atoms with van der Waals surface area (Å²) in [7, 11) is 0. The van der Waals surface area contributed by atoms with Gasteiger partial charge in [-0.3, -0.25) is 5.32 Å². The van der Waals surface area contributed by atoms with Crippen molar-refractivity contribution in [1.82, 2.24) is 0 Å². The van der Waals surface area contributed by atoms with Gasteiger partial charge in [0.2, 0.25) is 0 Å². The molecule has 1 amide bonds. The van der Waals surface area contributed by atoms with E-state index in [4.69, 9.17) is 4.74 Å². The van der Waals surface area contributed by atoms with Gasteiger partial charge in [0, 0.05) is 17.9 Å². The molecule has 0 spiro atoms. The largest absolute Gasteiger partial charge is 0.447 e. The third-order valence-corrected chi connectivity index (χ3v) is 2.64. The van der Waals surface area contributed by atoms with Crippen LogP contribution < -0.4 is 10.6 Å². The molecule has 0 saturated carbocycles. The maximum Gasteiger partial charge on any atom is 0.411 e. The van der Waals surface area contributed by atoms with Crippen molar-refractivity contribution in [3.63, 3.8) is 0 Å². The van der Waals surface area contributed by atoms with Gasteiger partial charge >= 0.3 is 6.09 Å². The minimum atomic E-state index is -0.407. The smallest absolute Gasteiger partial charge is 0.411 e. The highest BCUT2D eigenvalue weighted by Crippen LogP contribution is 2.25. The number of hydrogen-bond acceptors (Lipinski definition) is 3. The number of ether oxygens (including phenoxy) is 1. The first-order valence-electron chi connectivity index (χ1n) is 5.99. The lowest BCUT2D eigenvalue weighted by molar-refractivity contribution is 0.130. The van der Waals surface area contributed by atoms with Crippen LogP contribution in [0.1, 0.15) is 25.8 Å². The molecular formula is C13H18N2O2. The molecule has 17 heavy (non-hydrogen) atoms. The molecule has 0 radical (unpaired) electrons. The van der Waals surface area contributed by atoms with E-state index in [1.165, 1.54) is 5.56 Å². The summed E-state index contributed by atoms with van der Waals surface area (Å²) in [6.45, 7) is 4.65. The van der Waals surface area contributed by atoms with E-state index in [2.05, 4.69) is 10.6 Å². The number of hydrogen-bond donors (Lipinski definition) is 2. The molecule has 4 nitrogen and oxygen atoms in total. The van der Waals surface area contributed by atoms with Crippen LogP contribution in [0.25, 0.3) is 0 Å². The van der Waals surface area contributed by atoms with E-state index in [0.717, 1.165) is 30.8 Å². The van der Waals surface area contributed by atoms with Gasteiger partial charge in [0.1, 0.15) is 0 Å². The fourth-order valence-electron chi connectivity index (χ4n) is 1.90. The number of nitrogens with one attached hydrogen (secondary N) is 2. The minimum Gasteiger partial charge on any atom is -0.447 e. The summed E-state index contributed by atoms with van der Waals surface area (Å²) in [6.07, 6.45) is 1.75. The van der Waals surface area contributed by atoms with Gasteiger partial charge in [-0.25, -0.2) is 4.79 Å². The predicted octanol–water partition coefficient (Wildman–Crippen LogP) is 3.00. The highest BCUT2D eigenvalue weighted by molar-refractivity contribution is 5.85. The summed E-state index contributed by atoms with van der Waals surface area (Å²) in [5.74, 6) is 0. The summed E-state index contributed by atoms with van der Waals surface area (Å²) in [5, 5.41) is 6.05. The fraction of sp³-hybridized carbons (Fsp3) is 0.462. The average molecular weight is 234 g/mol. The fourth-order valence-corrected chi connectivity index (χ4v) is 1.90. The highest BCUT2D eigenvalue weighted by atomic mass is 16.6. The molecular weight excluding hydrogens is 216 g/mol. The van der Waals surface area contributed by atoms with Crippen LogP contribution in [0.15, 0.2) is 18.2 Å². The highest BCUT2D eigenvalue weighted by Gasteiger charge is 2.10. The Morgan fingerprint density at radius 2 is 2.29 bits per heavy atom. The van der Waals surface area contributed by atoms with Crippen LogP contribution in [0.2, 0.25) is 0 Å². The average Bonchev–Trinajstić information content (AvgIpc) is 2.27. The first-order chi connectivity index (χ1) is 8.15. The number of aryl methyl sites for hydroxylation is 1. The van der Waals surface area contributed by atoms with Gasteiger partial charge in [0.05, 0.1) is 6.10 Å². The van der Waals surface area contributed by atoms with E-state index >= 15 is 0 Å². The standard InChI is InChI=1S/C13H18N2O2/c1-9(2)17-13(16)15-11-6-5-10-4-3-7-14-12(10)8-11/h5-6,8-9,14H,3-4,7H2,1-2H3,(H,15,16). The van der Waals surface area contributed by atoms with Crippen molar-refractivity contribution >= 4 is 17.5 Å². The quantitative estimate of drug-likeness (QED) is 0.827. The van der Waals surface area contributed by atoms with Crippen LogP contribution in [0.4, 0.5) is 16.2 Å². The third-order valence-electron chi connectivity index (χ3n) is 2.64. The van der Waals surface area contributed by atoms with Crippen molar-refractivity contribution in [2.24, 2.45) is 0 Å². The van der Waals surface area contributed by atoms with Crippen molar-refractivity contribution in [2.45, 2.75) is 32.8 Å². The van der Waals surface area contributed by atoms with Crippen LogP contribution in [0.5, 0.6) is 0 Å². The molecule has 0 unspecified atom stereocenters. The van der Waals surface area contributed by atoms with Crippen LogP contribution in [-0.2, 0) is 11.2 Å². The third kappa shape index (κ3) is 3.12. The summed E-state index contributed by atoms with van der Waals surface area (Å²) >= 11 is 0. The SMILES string of the molecule is CC(C)OC(=O)Nc1ccc2c(c1)NCCC2. The molecule has 1 aliphatic rings. The lowest BCUT2D eigenvalue weighted by Crippen LogP contribution is -2.18. The van der Waals surface area contributed by atoms with Gasteiger partial charge in [-0.1, -0.05) is 6.07 Å². The summed E-state index contributed by atoms with van der Waals surface area (Å²) < 4.78 is 5.03. The molecule has 1 aromatic rings. The first-order valence-corrected chi connectivity index (χ1v) is 5.99. The zero-order chi connectivity index (χ0) is 12.3. The number of carbonyl (C=O) groups excluding carboxylic acids is 1.